The third-order valence-corrected chi connectivity index (χ3v) is 5.49. The van der Waals surface area contributed by atoms with Crippen LogP contribution in [0.1, 0.15) is 0 Å². The van der Waals surface area contributed by atoms with E-state index in [2.05, 4.69) is 10.0 Å². The number of carbonyl (C=O) groups excluding carboxylic acids is 2. The molecule has 146 valence electrons. The number of carbonyl (C=O) groups is 2. The van der Waals surface area contributed by atoms with Gasteiger partial charge in [0.2, 0.25) is 0 Å². The van der Waals surface area contributed by atoms with Crippen LogP contribution < -0.4 is 10.0 Å². The summed E-state index contributed by atoms with van der Waals surface area (Å²) in [7, 11) is -3.82. The van der Waals surface area contributed by atoms with Gasteiger partial charge in [-0.15, -0.1) is 0 Å². The van der Waals surface area contributed by atoms with Gasteiger partial charge < -0.3 is 10.4 Å². The highest BCUT2D eigenvalue weighted by Gasteiger charge is 2.30. The molecule has 2 amide bonds. The number of hydrogen-bond acceptors (Lipinski definition) is 6. The number of imide groups is 1. The second kappa shape index (κ2) is 8.01. The maximum Gasteiger partial charge on any atom is 0.277 e. The van der Waals surface area contributed by atoms with E-state index in [1.807, 2.05) is 0 Å². The van der Waals surface area contributed by atoms with Crippen LogP contribution in [0, 0.1) is 0 Å². The van der Waals surface area contributed by atoms with E-state index in [0.29, 0.717) is 16.4 Å². The largest absolute Gasteiger partial charge is 0.395 e. The summed E-state index contributed by atoms with van der Waals surface area (Å²) in [6.07, 6.45) is 1.13. The van der Waals surface area contributed by atoms with Gasteiger partial charge in [-0.1, -0.05) is 17.7 Å². The van der Waals surface area contributed by atoms with Crippen molar-refractivity contribution in [2.75, 3.05) is 23.2 Å². The SMILES string of the molecule is O=C1C=C(Nc2ccc(S(=O)(=O)Nc3cccc(Cl)c3)cc2)C(=O)N1CCO. The standard InChI is InChI=1S/C18H16ClN3O5S/c19-12-2-1-3-14(10-12)21-28(26,27)15-6-4-13(5-7-15)20-16-11-17(24)22(8-9-23)18(16)25/h1-7,10-11,20-21,23H,8-9H2. The molecular formula is C18H16ClN3O5S. The van der Waals surface area contributed by atoms with Crippen LogP contribution in [0.4, 0.5) is 11.4 Å². The minimum absolute atomic E-state index is 0.0164. The molecule has 3 N–H and O–H groups in total. The second-order valence-electron chi connectivity index (χ2n) is 5.84. The van der Waals surface area contributed by atoms with Crippen molar-refractivity contribution in [3.05, 3.63) is 65.3 Å². The van der Waals surface area contributed by atoms with Crippen molar-refractivity contribution in [3.8, 4) is 0 Å². The molecule has 2 aromatic carbocycles. The molecule has 1 heterocycles. The maximum atomic E-state index is 12.5. The van der Waals surface area contributed by atoms with Crippen LogP contribution in [0.15, 0.2) is 65.2 Å². The first kappa shape index (κ1) is 19.9. The van der Waals surface area contributed by atoms with Crippen LogP contribution in [0.5, 0.6) is 0 Å². The molecule has 1 aliphatic rings. The summed E-state index contributed by atoms with van der Waals surface area (Å²) < 4.78 is 27.4. The first-order chi connectivity index (χ1) is 13.3. The molecule has 0 aromatic heterocycles. The quantitative estimate of drug-likeness (QED) is 0.587. The molecule has 8 nitrogen and oxygen atoms in total. The molecule has 28 heavy (non-hydrogen) atoms. The van der Waals surface area contributed by atoms with Crippen LogP contribution in [0.2, 0.25) is 5.02 Å². The van der Waals surface area contributed by atoms with Crippen molar-refractivity contribution in [2.24, 2.45) is 0 Å². The molecule has 0 spiro atoms. The van der Waals surface area contributed by atoms with E-state index >= 15 is 0 Å². The lowest BCUT2D eigenvalue weighted by atomic mass is 10.3. The van der Waals surface area contributed by atoms with Crippen molar-refractivity contribution < 1.29 is 23.1 Å². The number of sulfonamides is 1. The zero-order chi connectivity index (χ0) is 20.3. The van der Waals surface area contributed by atoms with Gasteiger partial charge in [0, 0.05) is 16.8 Å². The van der Waals surface area contributed by atoms with E-state index in [0.717, 1.165) is 11.0 Å². The van der Waals surface area contributed by atoms with E-state index in [1.54, 1.807) is 18.2 Å². The van der Waals surface area contributed by atoms with Crippen LogP contribution in [-0.4, -0.2) is 43.4 Å². The van der Waals surface area contributed by atoms with Gasteiger partial charge in [-0.05, 0) is 42.5 Å². The van der Waals surface area contributed by atoms with Crippen molar-refractivity contribution in [1.82, 2.24) is 4.90 Å². The summed E-state index contributed by atoms with van der Waals surface area (Å²) >= 11 is 5.86. The average Bonchev–Trinajstić information content (AvgIpc) is 2.90. The Bertz CT molecular complexity index is 1050. The lowest BCUT2D eigenvalue weighted by Crippen LogP contribution is -2.34. The third kappa shape index (κ3) is 4.33. The minimum Gasteiger partial charge on any atom is -0.395 e. The number of hydrogen-bond donors (Lipinski definition) is 3. The number of β-amino-alcohol motifs (C(OH)–C–C–N with tert-alkyl or cyclic N) is 1. The van der Waals surface area contributed by atoms with Gasteiger partial charge in [0.1, 0.15) is 5.70 Å². The summed E-state index contributed by atoms with van der Waals surface area (Å²) in [5, 5.41) is 12.1. The molecule has 2 aromatic rings. The Balaban J connectivity index is 1.72. The van der Waals surface area contributed by atoms with Crippen molar-refractivity contribution in [3.63, 3.8) is 0 Å². The van der Waals surface area contributed by atoms with Crippen molar-refractivity contribution in [2.45, 2.75) is 4.90 Å². The van der Waals surface area contributed by atoms with E-state index in [1.165, 1.54) is 30.3 Å². The van der Waals surface area contributed by atoms with Gasteiger partial charge in [-0.2, -0.15) is 0 Å². The number of benzene rings is 2. The Morgan fingerprint density at radius 2 is 1.75 bits per heavy atom. The lowest BCUT2D eigenvalue weighted by Gasteiger charge is -2.13. The Morgan fingerprint density at radius 1 is 1.04 bits per heavy atom. The van der Waals surface area contributed by atoms with Gasteiger partial charge in [-0.25, -0.2) is 8.42 Å². The fourth-order valence-electron chi connectivity index (χ4n) is 2.55. The van der Waals surface area contributed by atoms with E-state index < -0.39 is 21.8 Å². The van der Waals surface area contributed by atoms with Gasteiger partial charge in [-0.3, -0.25) is 19.2 Å². The lowest BCUT2D eigenvalue weighted by molar-refractivity contribution is -0.137. The Hall–Kier alpha value is -2.88. The molecule has 0 unspecified atom stereocenters. The number of anilines is 2. The Morgan fingerprint density at radius 3 is 2.39 bits per heavy atom. The number of halogens is 1. The fraction of sp³-hybridized carbons (Fsp3) is 0.111. The predicted octanol–water partition coefficient (Wildman–Crippen LogP) is 1.80. The van der Waals surface area contributed by atoms with Gasteiger partial charge >= 0.3 is 0 Å². The molecule has 0 aliphatic carbocycles. The molecule has 0 fully saturated rings. The maximum absolute atomic E-state index is 12.5. The molecule has 3 rings (SSSR count). The normalized spacial score (nSPS) is 14.2. The Labute approximate surface area is 166 Å². The van der Waals surface area contributed by atoms with E-state index in [9.17, 15) is 18.0 Å². The number of nitrogens with zero attached hydrogens (tertiary/aromatic N) is 1. The van der Waals surface area contributed by atoms with Crippen LogP contribution >= 0.6 is 11.6 Å². The average molecular weight is 422 g/mol. The number of amides is 2. The number of aliphatic hydroxyl groups is 1. The summed E-state index contributed by atoms with van der Waals surface area (Å²) in [4.78, 5) is 24.8. The number of aliphatic hydroxyl groups excluding tert-OH is 1. The molecule has 1 aliphatic heterocycles. The molecule has 10 heteroatoms. The van der Waals surface area contributed by atoms with Gasteiger partial charge in [0.15, 0.2) is 0 Å². The van der Waals surface area contributed by atoms with Crippen molar-refractivity contribution in [1.29, 1.82) is 0 Å². The highest BCUT2D eigenvalue weighted by molar-refractivity contribution is 7.92. The molecule has 0 saturated heterocycles. The molecule has 0 saturated carbocycles. The smallest absolute Gasteiger partial charge is 0.277 e. The minimum atomic E-state index is -3.82. The number of nitrogens with one attached hydrogen (secondary N) is 2. The molecule has 0 atom stereocenters. The monoisotopic (exact) mass is 421 g/mol. The van der Waals surface area contributed by atoms with Crippen LogP contribution in [-0.2, 0) is 19.6 Å². The second-order valence-corrected chi connectivity index (χ2v) is 7.96. The molecule has 0 radical (unpaired) electrons. The first-order valence-electron chi connectivity index (χ1n) is 8.14. The van der Waals surface area contributed by atoms with Gasteiger partial charge in [0.05, 0.1) is 23.7 Å². The summed E-state index contributed by atoms with van der Waals surface area (Å²) in [6.45, 7) is -0.420. The highest BCUT2D eigenvalue weighted by Crippen LogP contribution is 2.22. The predicted molar refractivity (Wildman–Crippen MR) is 104 cm³/mol. The number of rotatable bonds is 7. The fourth-order valence-corrected chi connectivity index (χ4v) is 3.79. The topological polar surface area (TPSA) is 116 Å². The molecular weight excluding hydrogens is 406 g/mol. The summed E-state index contributed by atoms with van der Waals surface area (Å²) in [6, 6.07) is 12.0. The zero-order valence-corrected chi connectivity index (χ0v) is 16.0. The first-order valence-corrected chi connectivity index (χ1v) is 10.00. The molecule has 0 bridgehead atoms. The van der Waals surface area contributed by atoms with E-state index in [-0.39, 0.29) is 23.7 Å². The van der Waals surface area contributed by atoms with E-state index in [4.69, 9.17) is 16.7 Å². The zero-order valence-electron chi connectivity index (χ0n) is 14.4. The van der Waals surface area contributed by atoms with Gasteiger partial charge in [0.25, 0.3) is 21.8 Å². The third-order valence-electron chi connectivity index (χ3n) is 3.85. The summed E-state index contributed by atoms with van der Waals surface area (Å²) in [5.41, 5.74) is 0.810. The highest BCUT2D eigenvalue weighted by atomic mass is 35.5. The Kier molecular flexibility index (Phi) is 5.68. The van der Waals surface area contributed by atoms with Crippen LogP contribution in [0.25, 0.3) is 0 Å². The van der Waals surface area contributed by atoms with Crippen LogP contribution in [0.3, 0.4) is 0 Å². The summed E-state index contributed by atoms with van der Waals surface area (Å²) in [5.74, 6) is -1.08. The van der Waals surface area contributed by atoms with Crippen molar-refractivity contribution >= 4 is 44.8 Å².